The van der Waals surface area contributed by atoms with E-state index in [1.54, 1.807) is 30.1 Å². The van der Waals surface area contributed by atoms with Crippen molar-refractivity contribution in [3.05, 3.63) is 135 Å². The third kappa shape index (κ3) is 7.21. The second-order valence-electron chi connectivity index (χ2n) is 14.0. The van der Waals surface area contributed by atoms with Crippen LogP contribution in [0, 0.1) is 12.7 Å². The molecule has 0 unspecified atom stereocenters. The fourth-order valence-electron chi connectivity index (χ4n) is 7.12. The number of fused-ring (bicyclic) bond motifs is 1. The van der Waals surface area contributed by atoms with Crippen LogP contribution in [0.5, 0.6) is 5.75 Å². The van der Waals surface area contributed by atoms with Gasteiger partial charge in [-0.3, -0.25) is 18.7 Å². The standard InChI is InChI=1S/C40H43FN4O6SSi/c1-26(2)51-34(32-22-28(41)18-19-33(32)50-6)25-44-38-35(27(3)37(52-38)45-21-13-20-42-45)36(47)43(39(44)48)24-29(46)23-40(4,5)53(49,30-14-9-7-10-15-30)31-16-11-8-12-17-31/h7-22,26,34,49H,23-25H2,1-6H3/t34-/m0/s1. The Kier molecular flexibility index (Phi) is 10.8. The first-order valence-corrected chi connectivity index (χ1v) is 20.1. The largest absolute Gasteiger partial charge is 0.496 e. The highest BCUT2D eigenvalue weighted by atomic mass is 32.1. The zero-order valence-electron chi connectivity index (χ0n) is 30.6. The topological polar surface area (TPSA) is 118 Å². The van der Waals surface area contributed by atoms with Gasteiger partial charge in [0, 0.05) is 29.9 Å². The van der Waals surface area contributed by atoms with Crippen LogP contribution in [0.2, 0.25) is 5.04 Å². The molecule has 0 radical (unpaired) electrons. The van der Waals surface area contributed by atoms with Crippen LogP contribution < -0.4 is 26.4 Å². The summed E-state index contributed by atoms with van der Waals surface area (Å²) >= 11 is 1.22. The molecule has 6 rings (SSSR count). The lowest BCUT2D eigenvalue weighted by atomic mass is 10.1. The first kappa shape index (κ1) is 37.8. The van der Waals surface area contributed by atoms with Gasteiger partial charge in [0.1, 0.15) is 27.5 Å². The summed E-state index contributed by atoms with van der Waals surface area (Å²) < 4.78 is 30.6. The number of ketones is 1. The number of hydrogen-bond donors (Lipinski definition) is 1. The molecule has 13 heteroatoms. The van der Waals surface area contributed by atoms with Crippen molar-refractivity contribution in [3.63, 3.8) is 0 Å². The van der Waals surface area contributed by atoms with Crippen molar-refractivity contribution >= 4 is 46.0 Å². The Morgan fingerprint density at radius 1 is 0.981 bits per heavy atom. The fourth-order valence-corrected chi connectivity index (χ4v) is 12.1. The van der Waals surface area contributed by atoms with E-state index in [0.29, 0.717) is 26.7 Å². The average Bonchev–Trinajstić information content (AvgIpc) is 3.79. The highest BCUT2D eigenvalue weighted by Crippen LogP contribution is 2.39. The Bertz CT molecular complexity index is 2310. The molecule has 276 valence electrons. The number of halogens is 1. The number of thiophene rings is 1. The molecule has 3 aromatic heterocycles. The van der Waals surface area contributed by atoms with Crippen molar-refractivity contribution < 1.29 is 23.5 Å². The molecule has 0 aliphatic carbocycles. The summed E-state index contributed by atoms with van der Waals surface area (Å²) in [6.45, 7) is 8.54. The number of hydrogen-bond acceptors (Lipinski definition) is 8. The highest BCUT2D eigenvalue weighted by Gasteiger charge is 2.50. The van der Waals surface area contributed by atoms with Gasteiger partial charge in [0.25, 0.3) is 13.9 Å². The van der Waals surface area contributed by atoms with E-state index in [9.17, 15) is 23.6 Å². The summed E-state index contributed by atoms with van der Waals surface area (Å²) in [7, 11) is -2.10. The number of methoxy groups -OCH3 is 1. The van der Waals surface area contributed by atoms with Crippen LogP contribution in [0.25, 0.3) is 15.2 Å². The Balaban J connectivity index is 1.47. The molecule has 3 aromatic carbocycles. The van der Waals surface area contributed by atoms with E-state index in [0.717, 1.165) is 14.9 Å². The molecule has 0 amide bonds. The van der Waals surface area contributed by atoms with Gasteiger partial charge >= 0.3 is 5.69 Å². The summed E-state index contributed by atoms with van der Waals surface area (Å²) in [6, 6.07) is 24.6. The molecule has 53 heavy (non-hydrogen) atoms. The van der Waals surface area contributed by atoms with Crippen LogP contribution in [-0.2, 0) is 22.6 Å². The number of carbonyl (C=O) groups is 1. The molecule has 0 saturated heterocycles. The van der Waals surface area contributed by atoms with Gasteiger partial charge in [0.05, 0.1) is 31.7 Å². The van der Waals surface area contributed by atoms with Crippen molar-refractivity contribution in [1.82, 2.24) is 18.9 Å². The number of nitrogens with zero attached hydrogens (tertiary/aromatic N) is 4. The van der Waals surface area contributed by atoms with Gasteiger partial charge in [0.2, 0.25) is 0 Å². The minimum Gasteiger partial charge on any atom is -0.496 e. The number of Topliss-reactive ketones (excluding diaryl/α,β-unsaturated/α-hetero) is 1. The highest BCUT2D eigenvalue weighted by molar-refractivity contribution is 7.21. The Morgan fingerprint density at radius 3 is 2.19 bits per heavy atom. The lowest BCUT2D eigenvalue weighted by Crippen LogP contribution is -2.65. The number of carbonyl (C=O) groups excluding carboxylic acids is 1. The molecule has 0 saturated carbocycles. The number of rotatable bonds is 14. The van der Waals surface area contributed by atoms with E-state index in [-0.39, 0.29) is 30.2 Å². The molecular formula is C40H43FN4O6SSi. The van der Waals surface area contributed by atoms with Gasteiger partial charge in [-0.25, -0.2) is 13.9 Å². The Labute approximate surface area is 311 Å². The third-order valence-electron chi connectivity index (χ3n) is 9.64. The van der Waals surface area contributed by atoms with Crippen LogP contribution >= 0.6 is 11.3 Å². The molecule has 0 aliphatic heterocycles. The number of ether oxygens (including phenoxy) is 2. The van der Waals surface area contributed by atoms with Crippen LogP contribution in [-0.4, -0.2) is 51.0 Å². The molecule has 0 fully saturated rings. The number of benzene rings is 3. The minimum absolute atomic E-state index is 0.107. The van der Waals surface area contributed by atoms with E-state index < -0.39 is 43.1 Å². The van der Waals surface area contributed by atoms with Crippen molar-refractivity contribution in [2.45, 2.75) is 71.4 Å². The SMILES string of the molecule is COc1ccc(F)cc1[C@H](Cn1c(=O)n(CC(=O)CC(C)(C)[Si](O)(c2ccccc2)c2ccccc2)c(=O)c2c(C)c(-n3cccn3)sc21)OC(C)C. The van der Waals surface area contributed by atoms with Gasteiger partial charge in [-0.05, 0) is 60.4 Å². The second kappa shape index (κ2) is 15.2. The van der Waals surface area contributed by atoms with Crippen molar-refractivity contribution in [3.8, 4) is 10.8 Å². The molecule has 6 aromatic rings. The normalized spacial score (nSPS) is 12.8. The molecule has 3 heterocycles. The smallest absolute Gasteiger partial charge is 0.332 e. The first-order valence-electron chi connectivity index (χ1n) is 17.4. The molecule has 1 N–H and O–H groups in total. The molecule has 1 atom stereocenters. The van der Waals surface area contributed by atoms with Gasteiger partial charge in [-0.15, -0.1) is 0 Å². The zero-order chi connectivity index (χ0) is 38.1. The van der Waals surface area contributed by atoms with E-state index in [1.807, 2.05) is 88.4 Å². The summed E-state index contributed by atoms with van der Waals surface area (Å²) in [5.74, 6) is -0.517. The van der Waals surface area contributed by atoms with E-state index in [2.05, 4.69) is 5.10 Å². The van der Waals surface area contributed by atoms with Gasteiger partial charge in [-0.2, -0.15) is 5.10 Å². The van der Waals surface area contributed by atoms with E-state index in [4.69, 9.17) is 9.47 Å². The molecular weight excluding hydrogens is 712 g/mol. The summed E-state index contributed by atoms with van der Waals surface area (Å²) in [5.41, 5.74) is -0.340. The van der Waals surface area contributed by atoms with Gasteiger partial charge in [-0.1, -0.05) is 85.8 Å². The summed E-state index contributed by atoms with van der Waals surface area (Å²) in [4.78, 5) is 56.2. The van der Waals surface area contributed by atoms with E-state index in [1.165, 1.54) is 41.2 Å². The summed E-state index contributed by atoms with van der Waals surface area (Å²) in [5, 5.41) is 5.80. The van der Waals surface area contributed by atoms with Crippen LogP contribution in [0.1, 0.15) is 51.3 Å². The van der Waals surface area contributed by atoms with Crippen LogP contribution in [0.3, 0.4) is 0 Å². The van der Waals surface area contributed by atoms with Crippen LogP contribution in [0.4, 0.5) is 4.39 Å². The van der Waals surface area contributed by atoms with Gasteiger partial charge < -0.3 is 14.3 Å². The van der Waals surface area contributed by atoms with E-state index >= 15 is 0 Å². The third-order valence-corrected chi connectivity index (χ3v) is 15.4. The van der Waals surface area contributed by atoms with Crippen molar-refractivity contribution in [2.24, 2.45) is 0 Å². The Hall–Kier alpha value is -4.95. The fraction of sp³-hybridized carbons (Fsp3) is 0.300. The maximum atomic E-state index is 14.7. The predicted octanol–water partition coefficient (Wildman–Crippen LogP) is 5.52. The summed E-state index contributed by atoms with van der Waals surface area (Å²) in [6.07, 6.45) is 2.07. The molecule has 0 bridgehead atoms. The molecule has 10 nitrogen and oxygen atoms in total. The number of aryl methyl sites for hydroxylation is 1. The molecule has 0 aliphatic rings. The lowest BCUT2D eigenvalue weighted by Gasteiger charge is -2.41. The lowest BCUT2D eigenvalue weighted by molar-refractivity contribution is -0.120. The predicted molar refractivity (Wildman–Crippen MR) is 208 cm³/mol. The number of aromatic nitrogens is 4. The zero-order valence-corrected chi connectivity index (χ0v) is 32.4. The van der Waals surface area contributed by atoms with Crippen molar-refractivity contribution in [2.75, 3.05) is 7.11 Å². The maximum absolute atomic E-state index is 14.7. The average molecular weight is 755 g/mol. The second-order valence-corrected chi connectivity index (χ2v) is 19.0. The molecule has 0 spiro atoms. The quantitative estimate of drug-likeness (QED) is 0.146. The first-order chi connectivity index (χ1) is 25.3. The maximum Gasteiger partial charge on any atom is 0.332 e. The minimum atomic E-state index is -3.57. The van der Waals surface area contributed by atoms with Crippen LogP contribution in [0.15, 0.2) is 107 Å². The Morgan fingerprint density at radius 2 is 1.62 bits per heavy atom. The van der Waals surface area contributed by atoms with Gasteiger partial charge in [0.15, 0.2) is 5.78 Å². The monoisotopic (exact) mass is 754 g/mol. The van der Waals surface area contributed by atoms with Crippen molar-refractivity contribution in [1.29, 1.82) is 0 Å².